The van der Waals surface area contributed by atoms with Crippen LogP contribution in [0.5, 0.6) is 0 Å². The molecule has 0 aliphatic carbocycles. The second-order valence-electron chi connectivity index (χ2n) is 9.12. The largest absolute Gasteiger partial charge is 0.354 e. The van der Waals surface area contributed by atoms with E-state index in [-0.39, 0.29) is 23.3 Å². The molecule has 0 aromatic heterocycles. The van der Waals surface area contributed by atoms with Gasteiger partial charge in [-0.3, -0.25) is 13.9 Å². The molecule has 196 valence electrons. The lowest BCUT2D eigenvalue weighted by Gasteiger charge is -2.32. The van der Waals surface area contributed by atoms with E-state index in [9.17, 15) is 18.0 Å². The Morgan fingerprint density at radius 3 is 2.00 bits per heavy atom. The van der Waals surface area contributed by atoms with Crippen LogP contribution in [0, 0.1) is 5.92 Å². The van der Waals surface area contributed by atoms with Crippen LogP contribution in [0.25, 0.3) is 0 Å². The highest BCUT2D eigenvalue weighted by atomic mass is 35.5. The topological polar surface area (TPSA) is 86.8 Å². The highest BCUT2D eigenvalue weighted by Gasteiger charge is 2.32. The van der Waals surface area contributed by atoms with E-state index < -0.39 is 28.5 Å². The third-order valence-corrected chi connectivity index (χ3v) is 7.81. The van der Waals surface area contributed by atoms with Crippen LogP contribution in [-0.2, 0) is 26.2 Å². The van der Waals surface area contributed by atoms with Crippen molar-refractivity contribution in [3.8, 4) is 0 Å². The molecule has 0 bridgehead atoms. The molecule has 0 radical (unpaired) electrons. The first-order valence-electron chi connectivity index (χ1n) is 12.0. The van der Waals surface area contributed by atoms with Crippen LogP contribution in [0.3, 0.4) is 0 Å². The van der Waals surface area contributed by atoms with Crippen molar-refractivity contribution < 1.29 is 18.0 Å². The van der Waals surface area contributed by atoms with Crippen molar-refractivity contribution in [2.75, 3.05) is 17.4 Å². The summed E-state index contributed by atoms with van der Waals surface area (Å²) in [5.41, 5.74) is 1.11. The molecule has 7 nitrogen and oxygen atoms in total. The molecule has 0 aliphatic heterocycles. The normalized spacial score (nSPS) is 12.1. The number of nitrogens with zero attached hydrogens (tertiary/aromatic N) is 2. The monoisotopic (exact) mass is 541 g/mol. The minimum absolute atomic E-state index is 0.0682. The fourth-order valence-corrected chi connectivity index (χ4v) is 5.23. The van der Waals surface area contributed by atoms with Crippen LogP contribution >= 0.6 is 11.6 Å². The number of carbonyl (C=O) groups is 2. The Morgan fingerprint density at radius 1 is 0.865 bits per heavy atom. The summed E-state index contributed by atoms with van der Waals surface area (Å²) >= 11 is 6.02. The summed E-state index contributed by atoms with van der Waals surface area (Å²) in [5, 5.41) is 3.42. The number of hydrogen-bond acceptors (Lipinski definition) is 4. The summed E-state index contributed by atoms with van der Waals surface area (Å²) in [5.74, 6) is -0.583. The zero-order valence-corrected chi connectivity index (χ0v) is 22.7. The smallest absolute Gasteiger partial charge is 0.264 e. The van der Waals surface area contributed by atoms with Gasteiger partial charge in [-0.1, -0.05) is 74.0 Å². The third-order valence-electron chi connectivity index (χ3n) is 5.77. The molecule has 0 saturated carbocycles. The van der Waals surface area contributed by atoms with E-state index in [1.54, 1.807) is 79.7 Å². The first kappa shape index (κ1) is 28.2. The number of anilines is 1. The number of rotatable bonds is 11. The van der Waals surface area contributed by atoms with Gasteiger partial charge in [-0.15, -0.1) is 0 Å². The zero-order valence-electron chi connectivity index (χ0n) is 21.2. The van der Waals surface area contributed by atoms with E-state index in [0.29, 0.717) is 17.3 Å². The van der Waals surface area contributed by atoms with Gasteiger partial charge >= 0.3 is 0 Å². The molecule has 3 aromatic carbocycles. The zero-order chi connectivity index (χ0) is 27.0. The van der Waals surface area contributed by atoms with Crippen LogP contribution in [0.2, 0.25) is 5.02 Å². The van der Waals surface area contributed by atoms with E-state index in [2.05, 4.69) is 5.32 Å². The van der Waals surface area contributed by atoms with Crippen molar-refractivity contribution in [2.24, 2.45) is 5.92 Å². The SMILES string of the molecule is CC(C)CNC(=O)[C@@H](C)N(Cc1ccc(Cl)cc1)C(=O)CN(c1ccccc1)S(=O)(=O)c1ccccc1. The van der Waals surface area contributed by atoms with Crippen LogP contribution in [0.1, 0.15) is 26.3 Å². The maximum Gasteiger partial charge on any atom is 0.264 e. The van der Waals surface area contributed by atoms with Crippen molar-refractivity contribution in [2.45, 2.75) is 38.3 Å². The van der Waals surface area contributed by atoms with Gasteiger partial charge in [-0.25, -0.2) is 8.42 Å². The average molecular weight is 542 g/mol. The van der Waals surface area contributed by atoms with E-state index in [4.69, 9.17) is 11.6 Å². The summed E-state index contributed by atoms with van der Waals surface area (Å²) < 4.78 is 28.3. The van der Waals surface area contributed by atoms with Gasteiger partial charge < -0.3 is 10.2 Å². The maximum absolute atomic E-state index is 13.8. The molecule has 3 rings (SSSR count). The van der Waals surface area contributed by atoms with E-state index in [0.717, 1.165) is 9.87 Å². The van der Waals surface area contributed by atoms with Crippen molar-refractivity contribution in [3.05, 3.63) is 95.5 Å². The fourth-order valence-electron chi connectivity index (χ4n) is 3.66. The number of halogens is 1. The minimum atomic E-state index is -4.06. The van der Waals surface area contributed by atoms with Gasteiger partial charge in [0.25, 0.3) is 10.0 Å². The first-order valence-corrected chi connectivity index (χ1v) is 13.9. The summed E-state index contributed by atoms with van der Waals surface area (Å²) in [6.45, 7) is 5.70. The standard InChI is InChI=1S/C28H32ClN3O4S/c1-21(2)18-30-28(34)22(3)31(19-23-14-16-24(29)17-15-23)27(33)20-32(25-10-6-4-7-11-25)37(35,36)26-12-8-5-9-13-26/h4-17,21-22H,18-20H2,1-3H3,(H,30,34)/t22-/m1/s1. The summed E-state index contributed by atoms with van der Waals surface area (Å²) in [6.07, 6.45) is 0. The minimum Gasteiger partial charge on any atom is -0.354 e. The molecule has 0 heterocycles. The Kier molecular flexibility index (Phi) is 9.72. The third kappa shape index (κ3) is 7.57. The molecular formula is C28H32ClN3O4S. The molecule has 0 fully saturated rings. The van der Waals surface area contributed by atoms with Crippen LogP contribution < -0.4 is 9.62 Å². The lowest BCUT2D eigenvalue weighted by Crippen LogP contribution is -2.51. The molecule has 9 heteroatoms. The number of hydrogen-bond donors (Lipinski definition) is 1. The van der Waals surface area contributed by atoms with Crippen LogP contribution in [0.4, 0.5) is 5.69 Å². The molecule has 1 N–H and O–H groups in total. The van der Waals surface area contributed by atoms with Gasteiger partial charge in [-0.2, -0.15) is 0 Å². The summed E-state index contributed by atoms with van der Waals surface area (Å²) in [4.78, 5) is 28.2. The molecule has 37 heavy (non-hydrogen) atoms. The molecule has 3 aromatic rings. The van der Waals surface area contributed by atoms with E-state index in [1.807, 2.05) is 13.8 Å². The van der Waals surface area contributed by atoms with Gasteiger partial charge in [0.15, 0.2) is 0 Å². The Balaban J connectivity index is 1.96. The number of sulfonamides is 1. The van der Waals surface area contributed by atoms with Crippen LogP contribution in [-0.4, -0.2) is 44.3 Å². The molecule has 2 amide bonds. The van der Waals surface area contributed by atoms with Gasteiger partial charge in [0.1, 0.15) is 12.6 Å². The molecule has 0 saturated heterocycles. The Hall–Kier alpha value is -3.36. The second kappa shape index (κ2) is 12.7. The molecular weight excluding hydrogens is 510 g/mol. The van der Waals surface area contributed by atoms with Gasteiger partial charge in [-0.05, 0) is 54.8 Å². The number of para-hydroxylation sites is 1. The van der Waals surface area contributed by atoms with Crippen molar-refractivity contribution in [3.63, 3.8) is 0 Å². The highest BCUT2D eigenvalue weighted by Crippen LogP contribution is 2.24. The first-order chi connectivity index (χ1) is 17.6. The van der Waals surface area contributed by atoms with Crippen molar-refractivity contribution in [1.29, 1.82) is 0 Å². The quantitative estimate of drug-likeness (QED) is 0.380. The number of benzene rings is 3. The predicted molar refractivity (Wildman–Crippen MR) is 147 cm³/mol. The number of carbonyl (C=O) groups excluding carboxylic acids is 2. The highest BCUT2D eigenvalue weighted by molar-refractivity contribution is 7.92. The Labute approximate surface area is 224 Å². The van der Waals surface area contributed by atoms with Crippen LogP contribution in [0.15, 0.2) is 89.8 Å². The second-order valence-corrected chi connectivity index (χ2v) is 11.4. The number of amides is 2. The fraction of sp³-hybridized carbons (Fsp3) is 0.286. The lowest BCUT2D eigenvalue weighted by molar-refractivity contribution is -0.139. The van der Waals surface area contributed by atoms with Gasteiger partial charge in [0, 0.05) is 18.1 Å². The maximum atomic E-state index is 13.8. The lowest BCUT2D eigenvalue weighted by atomic mass is 10.1. The molecule has 0 spiro atoms. The van der Waals surface area contributed by atoms with E-state index >= 15 is 0 Å². The van der Waals surface area contributed by atoms with Crippen molar-refractivity contribution >= 4 is 39.1 Å². The van der Waals surface area contributed by atoms with Crippen molar-refractivity contribution in [1.82, 2.24) is 10.2 Å². The summed E-state index contributed by atoms with van der Waals surface area (Å²) in [7, 11) is -4.06. The predicted octanol–water partition coefficient (Wildman–Crippen LogP) is 4.72. The Bertz CT molecular complexity index is 1280. The summed E-state index contributed by atoms with van der Waals surface area (Å²) in [6, 6.07) is 22.6. The molecule has 1 atom stereocenters. The van der Waals surface area contributed by atoms with Gasteiger partial charge in [0.05, 0.1) is 10.6 Å². The molecule has 0 aliphatic rings. The molecule has 0 unspecified atom stereocenters. The number of nitrogens with one attached hydrogen (secondary N) is 1. The Morgan fingerprint density at radius 2 is 1.43 bits per heavy atom. The average Bonchev–Trinajstić information content (AvgIpc) is 2.90. The van der Waals surface area contributed by atoms with Gasteiger partial charge in [0.2, 0.25) is 11.8 Å². The van der Waals surface area contributed by atoms with E-state index in [1.165, 1.54) is 17.0 Å².